The molecule has 6 rings (SSSR count). The molecule has 0 aliphatic carbocycles. The predicted octanol–water partition coefficient (Wildman–Crippen LogP) is 9.58. The van der Waals surface area contributed by atoms with Crippen LogP contribution in [-0.4, -0.2) is 5.79 Å². The zero-order chi connectivity index (χ0) is 25.7. The van der Waals surface area contributed by atoms with Gasteiger partial charge >= 0.3 is 0 Å². The van der Waals surface area contributed by atoms with Crippen LogP contribution in [0.4, 0.5) is 0 Å². The smallest absolute Gasteiger partial charge is 0.213 e. The average Bonchev–Trinajstić information content (AvgIpc) is 3.37. The Morgan fingerprint density at radius 2 is 0.838 bits per heavy atom. The second kappa shape index (κ2) is 9.81. The number of benzene rings is 4. The monoisotopic (exact) mass is 748 g/mol. The van der Waals surface area contributed by atoms with E-state index in [1.807, 2.05) is 84.9 Å². The Balaban J connectivity index is 1.56. The first-order valence-electron chi connectivity index (χ1n) is 11.7. The summed E-state index contributed by atoms with van der Waals surface area (Å²) in [6, 6.07) is 36.0. The lowest BCUT2D eigenvalue weighted by Gasteiger charge is -2.38. The van der Waals surface area contributed by atoms with Crippen molar-refractivity contribution in [2.45, 2.75) is 17.0 Å². The van der Waals surface area contributed by atoms with Gasteiger partial charge in [0.15, 0.2) is 11.2 Å². The zero-order valence-electron chi connectivity index (χ0n) is 19.4. The topological polar surface area (TPSA) is 18.5 Å². The fourth-order valence-electron chi connectivity index (χ4n) is 5.22. The Labute approximate surface area is 253 Å². The largest absolute Gasteiger partial charge is 0.321 e. The summed E-state index contributed by atoms with van der Waals surface area (Å²) < 4.78 is 16.2. The maximum absolute atomic E-state index is 7.14. The molecule has 0 bridgehead atoms. The Bertz CT molecular complexity index is 1420. The number of hydrogen-bond donors (Lipinski definition) is 0. The summed E-state index contributed by atoms with van der Waals surface area (Å²) in [4.78, 5) is 0. The standard InChI is InChI=1S/C31H20Cl2I2O2/c32-25-17-9-7-15-23(25)30(21-11-3-1-4-12-21)27(34)19-29(36-30)20-28(35)31(37-29,22-13-5-2-6-14-22)24-16-8-10-18-26(24)33/h1-20H/t29?,30-,31-/m0/s1. The normalized spacial score (nSPS) is 24.2. The van der Waals surface area contributed by atoms with E-state index in [4.69, 9.17) is 32.7 Å². The first-order chi connectivity index (χ1) is 17.9. The number of ether oxygens (including phenoxy) is 2. The van der Waals surface area contributed by atoms with Crippen molar-refractivity contribution in [1.29, 1.82) is 0 Å². The molecule has 2 aliphatic heterocycles. The molecule has 2 heterocycles. The Hall–Kier alpha value is -1.68. The van der Waals surface area contributed by atoms with E-state index in [0.29, 0.717) is 10.0 Å². The maximum atomic E-state index is 7.14. The minimum Gasteiger partial charge on any atom is -0.321 e. The van der Waals surface area contributed by atoms with Gasteiger partial charge in [0.1, 0.15) is 0 Å². The van der Waals surface area contributed by atoms with Crippen LogP contribution >= 0.6 is 68.4 Å². The molecule has 0 saturated heterocycles. The molecular formula is C31H20Cl2I2O2. The van der Waals surface area contributed by atoms with Crippen LogP contribution in [0.3, 0.4) is 0 Å². The van der Waals surface area contributed by atoms with Crippen LogP contribution in [0.5, 0.6) is 0 Å². The van der Waals surface area contributed by atoms with Crippen molar-refractivity contribution < 1.29 is 9.47 Å². The Morgan fingerprint density at radius 1 is 0.486 bits per heavy atom. The maximum Gasteiger partial charge on any atom is 0.213 e. The third-order valence-electron chi connectivity index (χ3n) is 6.82. The van der Waals surface area contributed by atoms with E-state index in [0.717, 1.165) is 29.4 Å². The van der Waals surface area contributed by atoms with Gasteiger partial charge in [-0.1, -0.05) is 120 Å². The minimum absolute atomic E-state index is 0.628. The van der Waals surface area contributed by atoms with Crippen LogP contribution in [0.1, 0.15) is 22.3 Å². The van der Waals surface area contributed by atoms with E-state index in [-0.39, 0.29) is 0 Å². The van der Waals surface area contributed by atoms with Crippen molar-refractivity contribution in [3.8, 4) is 0 Å². The van der Waals surface area contributed by atoms with Gasteiger partial charge in [0.25, 0.3) is 0 Å². The molecule has 184 valence electrons. The van der Waals surface area contributed by atoms with Crippen LogP contribution < -0.4 is 0 Å². The highest BCUT2D eigenvalue weighted by atomic mass is 127. The van der Waals surface area contributed by atoms with Gasteiger partial charge < -0.3 is 9.47 Å². The predicted molar refractivity (Wildman–Crippen MR) is 166 cm³/mol. The SMILES string of the molecule is Clc1ccccc1[C@]1(c2ccccc2)OC2(C=C1I)C=C(I)[C@](c1ccccc1)(c1ccccc1Cl)O2. The minimum atomic E-state index is -1.16. The molecule has 0 N–H and O–H groups in total. The fourth-order valence-corrected chi connectivity index (χ4v) is 8.05. The molecule has 4 aromatic rings. The second-order valence-corrected chi connectivity index (χ2v) is 12.1. The third kappa shape index (κ3) is 4.03. The van der Waals surface area contributed by atoms with Gasteiger partial charge in [-0.2, -0.15) is 0 Å². The summed E-state index contributed by atoms with van der Waals surface area (Å²) in [7, 11) is 0. The molecule has 2 nitrogen and oxygen atoms in total. The summed E-state index contributed by atoms with van der Waals surface area (Å²) in [6.45, 7) is 0. The summed E-state index contributed by atoms with van der Waals surface area (Å²) in [5.74, 6) is -1.16. The molecule has 0 unspecified atom stereocenters. The molecule has 0 aromatic heterocycles. The quantitative estimate of drug-likeness (QED) is 0.194. The van der Waals surface area contributed by atoms with Crippen molar-refractivity contribution >= 4 is 68.4 Å². The van der Waals surface area contributed by atoms with Gasteiger partial charge in [-0.3, -0.25) is 0 Å². The molecule has 6 heteroatoms. The highest BCUT2D eigenvalue weighted by Gasteiger charge is 2.60. The lowest BCUT2D eigenvalue weighted by atomic mass is 9.86. The van der Waals surface area contributed by atoms with Crippen molar-refractivity contribution in [3.05, 3.63) is 161 Å². The van der Waals surface area contributed by atoms with E-state index >= 15 is 0 Å². The second-order valence-electron chi connectivity index (χ2n) is 8.96. The Kier molecular flexibility index (Phi) is 6.79. The van der Waals surface area contributed by atoms with Crippen molar-refractivity contribution in [3.63, 3.8) is 0 Å². The molecule has 0 fully saturated rings. The molecule has 37 heavy (non-hydrogen) atoms. The van der Waals surface area contributed by atoms with Crippen LogP contribution in [-0.2, 0) is 20.7 Å². The van der Waals surface area contributed by atoms with Gasteiger partial charge in [0, 0.05) is 28.3 Å². The highest BCUT2D eigenvalue weighted by Crippen LogP contribution is 2.61. The molecule has 0 radical (unpaired) electrons. The molecule has 0 amide bonds. The molecular weight excluding hydrogens is 729 g/mol. The number of halogens is 4. The van der Waals surface area contributed by atoms with E-state index in [2.05, 4.69) is 81.6 Å². The lowest BCUT2D eigenvalue weighted by Crippen LogP contribution is -2.40. The van der Waals surface area contributed by atoms with Crippen molar-refractivity contribution in [1.82, 2.24) is 0 Å². The van der Waals surface area contributed by atoms with Crippen LogP contribution in [0.25, 0.3) is 0 Å². The first-order valence-corrected chi connectivity index (χ1v) is 14.6. The molecule has 1 spiro atoms. The summed E-state index contributed by atoms with van der Waals surface area (Å²) in [5.41, 5.74) is 1.79. The third-order valence-corrected chi connectivity index (χ3v) is 9.62. The Morgan fingerprint density at radius 3 is 1.22 bits per heavy atom. The van der Waals surface area contributed by atoms with E-state index < -0.39 is 17.0 Å². The summed E-state index contributed by atoms with van der Waals surface area (Å²) >= 11 is 18.4. The van der Waals surface area contributed by atoms with Crippen LogP contribution in [0, 0.1) is 0 Å². The number of rotatable bonds is 4. The van der Waals surface area contributed by atoms with Crippen LogP contribution in [0.2, 0.25) is 10.0 Å². The average molecular weight is 749 g/mol. The zero-order valence-corrected chi connectivity index (χ0v) is 25.2. The van der Waals surface area contributed by atoms with Gasteiger partial charge in [-0.15, -0.1) is 0 Å². The van der Waals surface area contributed by atoms with E-state index in [9.17, 15) is 0 Å². The van der Waals surface area contributed by atoms with Gasteiger partial charge in [-0.05, 0) is 80.6 Å². The summed E-state index contributed by atoms with van der Waals surface area (Å²) in [6.07, 6.45) is 4.12. The van der Waals surface area contributed by atoms with Crippen molar-refractivity contribution in [2.24, 2.45) is 0 Å². The van der Waals surface area contributed by atoms with Gasteiger partial charge in [0.05, 0.1) is 0 Å². The number of hydrogen-bond acceptors (Lipinski definition) is 2. The van der Waals surface area contributed by atoms with Gasteiger partial charge in [-0.25, -0.2) is 0 Å². The van der Waals surface area contributed by atoms with Crippen molar-refractivity contribution in [2.75, 3.05) is 0 Å². The molecule has 4 aromatic carbocycles. The molecule has 0 saturated carbocycles. The summed E-state index contributed by atoms with van der Waals surface area (Å²) in [5, 5.41) is 1.26. The molecule has 2 atom stereocenters. The van der Waals surface area contributed by atoms with E-state index in [1.165, 1.54) is 0 Å². The van der Waals surface area contributed by atoms with E-state index in [1.54, 1.807) is 0 Å². The lowest BCUT2D eigenvalue weighted by molar-refractivity contribution is -0.223. The van der Waals surface area contributed by atoms with Crippen LogP contribution in [0.15, 0.2) is 129 Å². The first kappa shape index (κ1) is 25.6. The fraction of sp³-hybridized carbons (Fsp3) is 0.0968. The molecule has 2 aliphatic rings. The highest BCUT2D eigenvalue weighted by molar-refractivity contribution is 14.1. The van der Waals surface area contributed by atoms with Gasteiger partial charge in [0.2, 0.25) is 5.79 Å².